The summed E-state index contributed by atoms with van der Waals surface area (Å²) >= 11 is 0. The molecule has 112 valence electrons. The summed E-state index contributed by atoms with van der Waals surface area (Å²) in [4.78, 5) is 1.91. The molecule has 2 rings (SSSR count). The normalized spacial score (nSPS) is 12.1. The molecule has 0 amide bonds. The lowest BCUT2D eigenvalue weighted by atomic mass is 10.0. The predicted octanol–water partition coefficient (Wildman–Crippen LogP) is 3.96. The molecule has 0 aliphatic heterocycles. The molecule has 2 aromatic carbocycles. The average Bonchev–Trinajstić information content (AvgIpc) is 2.48. The number of benzene rings is 2. The highest BCUT2D eigenvalue weighted by molar-refractivity contribution is 5.68. The largest absolute Gasteiger partial charge is 0.497 e. The molecule has 1 atom stereocenters. The second-order valence-electron chi connectivity index (χ2n) is 5.10. The molecule has 0 aliphatic rings. The highest BCUT2D eigenvalue weighted by Crippen LogP contribution is 2.34. The molecule has 0 spiro atoms. The van der Waals surface area contributed by atoms with Gasteiger partial charge >= 0.3 is 0 Å². The number of aliphatic hydroxyl groups excluding tert-OH is 1. The van der Waals surface area contributed by atoms with Crippen LogP contribution >= 0.6 is 0 Å². The minimum atomic E-state index is -0.747. The number of hydrogen-bond donors (Lipinski definition) is 1. The van der Waals surface area contributed by atoms with E-state index >= 15 is 0 Å². The summed E-state index contributed by atoms with van der Waals surface area (Å²) in [5.74, 6) is 0.436. The van der Waals surface area contributed by atoms with E-state index in [9.17, 15) is 9.50 Å². The first-order valence-electron chi connectivity index (χ1n) is 6.80. The molecule has 3 nitrogen and oxygen atoms in total. The van der Waals surface area contributed by atoms with Crippen molar-refractivity contribution in [3.05, 3.63) is 53.3 Å². The third-order valence-electron chi connectivity index (χ3n) is 3.56. The molecule has 0 fully saturated rings. The van der Waals surface area contributed by atoms with Crippen LogP contribution in [0.1, 0.15) is 24.2 Å². The Hall–Kier alpha value is -2.07. The van der Waals surface area contributed by atoms with Gasteiger partial charge in [0.1, 0.15) is 11.6 Å². The maximum absolute atomic E-state index is 13.8. The van der Waals surface area contributed by atoms with Crippen LogP contribution in [-0.4, -0.2) is 19.3 Å². The van der Waals surface area contributed by atoms with Crippen molar-refractivity contribution in [1.29, 1.82) is 0 Å². The van der Waals surface area contributed by atoms with E-state index in [2.05, 4.69) is 0 Å². The molecule has 0 heterocycles. The van der Waals surface area contributed by atoms with Crippen LogP contribution in [0.3, 0.4) is 0 Å². The molecule has 0 unspecified atom stereocenters. The van der Waals surface area contributed by atoms with E-state index in [1.165, 1.54) is 6.07 Å². The molecule has 0 saturated heterocycles. The monoisotopic (exact) mass is 289 g/mol. The molecule has 2 aromatic rings. The predicted molar refractivity (Wildman–Crippen MR) is 82.8 cm³/mol. The number of nitrogens with zero attached hydrogens (tertiary/aromatic N) is 1. The van der Waals surface area contributed by atoms with Crippen LogP contribution in [0.4, 0.5) is 15.8 Å². The van der Waals surface area contributed by atoms with Crippen LogP contribution in [-0.2, 0) is 0 Å². The van der Waals surface area contributed by atoms with E-state index in [1.54, 1.807) is 27.0 Å². The maximum atomic E-state index is 13.8. The number of aliphatic hydroxyl groups is 1. The number of aryl methyl sites for hydroxylation is 1. The molecule has 0 aliphatic carbocycles. The fourth-order valence-corrected chi connectivity index (χ4v) is 2.26. The first-order chi connectivity index (χ1) is 9.93. The van der Waals surface area contributed by atoms with Crippen molar-refractivity contribution in [2.75, 3.05) is 19.1 Å². The molecule has 0 aromatic heterocycles. The van der Waals surface area contributed by atoms with Gasteiger partial charge in [0, 0.05) is 30.1 Å². The first-order valence-corrected chi connectivity index (χ1v) is 6.80. The van der Waals surface area contributed by atoms with E-state index in [1.807, 2.05) is 36.2 Å². The van der Waals surface area contributed by atoms with Gasteiger partial charge in [0.05, 0.1) is 13.2 Å². The Labute approximate surface area is 124 Å². The second-order valence-corrected chi connectivity index (χ2v) is 5.10. The van der Waals surface area contributed by atoms with Crippen LogP contribution in [0.2, 0.25) is 0 Å². The highest BCUT2D eigenvalue weighted by atomic mass is 19.1. The van der Waals surface area contributed by atoms with Crippen LogP contribution in [0.25, 0.3) is 0 Å². The maximum Gasteiger partial charge on any atom is 0.126 e. The Morgan fingerprint density at radius 3 is 2.57 bits per heavy atom. The Morgan fingerprint density at radius 1 is 1.24 bits per heavy atom. The summed E-state index contributed by atoms with van der Waals surface area (Å²) in [7, 11) is 3.50. The van der Waals surface area contributed by atoms with Crippen LogP contribution in [0.15, 0.2) is 36.4 Å². The average molecular weight is 289 g/mol. The van der Waals surface area contributed by atoms with Crippen molar-refractivity contribution >= 4 is 11.4 Å². The lowest BCUT2D eigenvalue weighted by molar-refractivity contribution is 0.199. The molecular formula is C17H20FNO2. The van der Waals surface area contributed by atoms with Gasteiger partial charge in [-0.05, 0) is 43.7 Å². The Morgan fingerprint density at radius 2 is 1.95 bits per heavy atom. The fraction of sp³-hybridized carbons (Fsp3) is 0.294. The van der Waals surface area contributed by atoms with Crippen molar-refractivity contribution < 1.29 is 14.2 Å². The van der Waals surface area contributed by atoms with Crippen LogP contribution in [0, 0.1) is 12.7 Å². The number of anilines is 2. The molecule has 0 bridgehead atoms. The van der Waals surface area contributed by atoms with Crippen molar-refractivity contribution in [2.45, 2.75) is 20.0 Å². The number of halogens is 1. The van der Waals surface area contributed by atoms with Gasteiger partial charge < -0.3 is 14.7 Å². The van der Waals surface area contributed by atoms with E-state index < -0.39 is 6.10 Å². The van der Waals surface area contributed by atoms with E-state index in [0.29, 0.717) is 11.1 Å². The van der Waals surface area contributed by atoms with Gasteiger partial charge in [-0.1, -0.05) is 6.07 Å². The van der Waals surface area contributed by atoms with Gasteiger partial charge in [-0.3, -0.25) is 0 Å². The highest BCUT2D eigenvalue weighted by Gasteiger charge is 2.16. The SMILES string of the molecule is COc1cccc(N(C)c2cc(C)c(F)cc2[C@H](C)O)c1. The third kappa shape index (κ3) is 3.16. The van der Waals surface area contributed by atoms with E-state index in [0.717, 1.165) is 17.1 Å². The topological polar surface area (TPSA) is 32.7 Å². The summed E-state index contributed by atoms with van der Waals surface area (Å²) in [6.07, 6.45) is -0.747. The first kappa shape index (κ1) is 15.3. The van der Waals surface area contributed by atoms with Gasteiger partial charge in [0.2, 0.25) is 0 Å². The smallest absolute Gasteiger partial charge is 0.126 e. The summed E-state index contributed by atoms with van der Waals surface area (Å²) in [5.41, 5.74) is 2.78. The molecule has 21 heavy (non-hydrogen) atoms. The molecule has 0 saturated carbocycles. The fourth-order valence-electron chi connectivity index (χ4n) is 2.26. The Balaban J connectivity index is 2.51. The molecular weight excluding hydrogens is 269 g/mol. The molecule has 0 radical (unpaired) electrons. The summed E-state index contributed by atoms with van der Waals surface area (Å²) < 4.78 is 19.0. The molecule has 4 heteroatoms. The summed E-state index contributed by atoms with van der Waals surface area (Å²) in [6.45, 7) is 3.34. The van der Waals surface area contributed by atoms with Crippen LogP contribution in [0.5, 0.6) is 5.75 Å². The number of hydrogen-bond acceptors (Lipinski definition) is 3. The zero-order valence-corrected chi connectivity index (χ0v) is 12.7. The minimum Gasteiger partial charge on any atom is -0.497 e. The van der Waals surface area contributed by atoms with Gasteiger partial charge in [-0.25, -0.2) is 4.39 Å². The van der Waals surface area contributed by atoms with Gasteiger partial charge in [0.25, 0.3) is 0 Å². The van der Waals surface area contributed by atoms with Gasteiger partial charge in [-0.2, -0.15) is 0 Å². The summed E-state index contributed by atoms with van der Waals surface area (Å²) in [6, 6.07) is 10.7. The third-order valence-corrected chi connectivity index (χ3v) is 3.56. The minimum absolute atomic E-state index is 0.311. The van der Waals surface area contributed by atoms with Crippen molar-refractivity contribution in [2.24, 2.45) is 0 Å². The number of ether oxygens (including phenoxy) is 1. The number of rotatable bonds is 4. The van der Waals surface area contributed by atoms with Crippen molar-refractivity contribution in [3.8, 4) is 5.75 Å². The van der Waals surface area contributed by atoms with Crippen molar-refractivity contribution in [1.82, 2.24) is 0 Å². The number of methoxy groups -OCH3 is 1. The lowest BCUT2D eigenvalue weighted by Gasteiger charge is -2.25. The summed E-state index contributed by atoms with van der Waals surface area (Å²) in [5, 5.41) is 9.90. The Kier molecular flexibility index (Phi) is 4.48. The van der Waals surface area contributed by atoms with E-state index in [4.69, 9.17) is 4.74 Å². The quantitative estimate of drug-likeness (QED) is 0.924. The second kappa shape index (κ2) is 6.14. The van der Waals surface area contributed by atoms with Crippen LogP contribution < -0.4 is 9.64 Å². The lowest BCUT2D eigenvalue weighted by Crippen LogP contribution is -2.14. The Bertz CT molecular complexity index is 641. The standard InChI is InChI=1S/C17H20FNO2/c1-11-8-17(15(12(2)20)10-16(11)18)19(3)13-6-5-7-14(9-13)21-4/h5-10,12,20H,1-4H3/t12-/m0/s1. The zero-order chi connectivity index (χ0) is 15.6. The van der Waals surface area contributed by atoms with Gasteiger partial charge in [0.15, 0.2) is 0 Å². The molecule has 1 N–H and O–H groups in total. The van der Waals surface area contributed by atoms with Crippen molar-refractivity contribution in [3.63, 3.8) is 0 Å². The zero-order valence-electron chi connectivity index (χ0n) is 12.7. The van der Waals surface area contributed by atoms with E-state index in [-0.39, 0.29) is 5.82 Å². The van der Waals surface area contributed by atoms with Gasteiger partial charge in [-0.15, -0.1) is 0 Å².